The molecule has 0 saturated heterocycles. The first-order chi connectivity index (χ1) is 4.93. The molecule has 10 heavy (non-hydrogen) atoms. The van der Waals surface area contributed by atoms with Crippen LogP contribution in [0.5, 0.6) is 0 Å². The van der Waals surface area contributed by atoms with Crippen molar-refractivity contribution in [2.75, 3.05) is 0 Å². The molecule has 0 amide bonds. The van der Waals surface area contributed by atoms with Crippen LogP contribution in [0.3, 0.4) is 0 Å². The summed E-state index contributed by atoms with van der Waals surface area (Å²) < 4.78 is 0. The summed E-state index contributed by atoms with van der Waals surface area (Å²) in [6.45, 7) is 2.13. The molecule has 1 aromatic rings. The van der Waals surface area contributed by atoms with Gasteiger partial charge in [-0.05, 0) is 18.1 Å². The van der Waals surface area contributed by atoms with Crippen LogP contribution in [-0.4, -0.2) is 0 Å². The number of hydrogen-bond donors (Lipinski definition) is 0. The van der Waals surface area contributed by atoms with Crippen LogP contribution in [0.1, 0.15) is 18.9 Å². The van der Waals surface area contributed by atoms with Gasteiger partial charge in [0.2, 0.25) is 0 Å². The fourth-order valence-corrected chi connectivity index (χ4v) is 0.765. The molecule has 1 rings (SSSR count). The van der Waals surface area contributed by atoms with E-state index < -0.39 is 0 Å². The van der Waals surface area contributed by atoms with Gasteiger partial charge in [0.1, 0.15) is 0 Å². The van der Waals surface area contributed by atoms with Crippen LogP contribution in [0, 0.1) is 6.07 Å². The maximum Gasteiger partial charge on any atom is -0.0184 e. The average molecular weight is 131 g/mol. The molecule has 51 valence electrons. The lowest BCUT2D eigenvalue weighted by Gasteiger charge is -1.87. The standard InChI is InChI=1S/C10H11/c1-2-3-7-10-8-5-4-6-9-10/h3,5-9H,2H2,1H3/b7-3+. The van der Waals surface area contributed by atoms with E-state index in [0.29, 0.717) is 0 Å². The molecule has 0 aromatic heterocycles. The van der Waals surface area contributed by atoms with Crippen molar-refractivity contribution in [3.05, 3.63) is 42.0 Å². The fourth-order valence-electron chi connectivity index (χ4n) is 0.765. The Balaban J connectivity index is 2.67. The zero-order valence-electron chi connectivity index (χ0n) is 6.17. The first-order valence-electron chi connectivity index (χ1n) is 3.56. The third-order valence-corrected chi connectivity index (χ3v) is 1.29. The summed E-state index contributed by atoms with van der Waals surface area (Å²) in [6, 6.07) is 10.9. The summed E-state index contributed by atoms with van der Waals surface area (Å²) in [5, 5.41) is 0. The van der Waals surface area contributed by atoms with Gasteiger partial charge in [-0.3, -0.25) is 0 Å². The Morgan fingerprint density at radius 3 is 2.70 bits per heavy atom. The van der Waals surface area contributed by atoms with Gasteiger partial charge in [0, 0.05) is 0 Å². The van der Waals surface area contributed by atoms with E-state index in [-0.39, 0.29) is 0 Å². The molecule has 0 aliphatic rings. The summed E-state index contributed by atoms with van der Waals surface area (Å²) in [4.78, 5) is 0. The Hall–Kier alpha value is -1.04. The van der Waals surface area contributed by atoms with Crippen molar-refractivity contribution in [1.29, 1.82) is 0 Å². The first-order valence-corrected chi connectivity index (χ1v) is 3.56. The third-order valence-electron chi connectivity index (χ3n) is 1.29. The van der Waals surface area contributed by atoms with Gasteiger partial charge in [0.15, 0.2) is 0 Å². The Morgan fingerprint density at radius 2 is 2.10 bits per heavy atom. The smallest absolute Gasteiger partial charge is 0.0184 e. The van der Waals surface area contributed by atoms with Crippen LogP contribution >= 0.6 is 0 Å². The van der Waals surface area contributed by atoms with E-state index in [9.17, 15) is 0 Å². The van der Waals surface area contributed by atoms with Crippen LogP contribution in [0.25, 0.3) is 6.08 Å². The normalized spacial score (nSPS) is 10.5. The molecule has 1 aromatic carbocycles. The minimum atomic E-state index is 1.10. The van der Waals surface area contributed by atoms with Gasteiger partial charge in [0.25, 0.3) is 0 Å². The van der Waals surface area contributed by atoms with Gasteiger partial charge < -0.3 is 0 Å². The number of rotatable bonds is 2. The van der Waals surface area contributed by atoms with Crippen molar-refractivity contribution in [2.24, 2.45) is 0 Å². The van der Waals surface area contributed by atoms with Crippen LogP contribution < -0.4 is 0 Å². The largest absolute Gasteiger partial charge is 0.0842 e. The van der Waals surface area contributed by atoms with E-state index in [2.05, 4.69) is 25.1 Å². The zero-order valence-corrected chi connectivity index (χ0v) is 6.17. The summed E-state index contributed by atoms with van der Waals surface area (Å²) >= 11 is 0. The number of hydrogen-bond acceptors (Lipinski definition) is 0. The van der Waals surface area contributed by atoms with E-state index in [4.69, 9.17) is 0 Å². The van der Waals surface area contributed by atoms with Crippen LogP contribution in [0.2, 0.25) is 0 Å². The van der Waals surface area contributed by atoms with Crippen molar-refractivity contribution in [2.45, 2.75) is 13.3 Å². The van der Waals surface area contributed by atoms with E-state index in [1.54, 1.807) is 0 Å². The molecular formula is C10H11. The SMILES string of the molecule is CC/C=C/c1cc[c]cc1. The van der Waals surface area contributed by atoms with E-state index in [1.165, 1.54) is 5.56 Å². The zero-order chi connectivity index (χ0) is 7.23. The molecule has 0 saturated carbocycles. The van der Waals surface area contributed by atoms with E-state index in [0.717, 1.165) is 6.42 Å². The molecule has 0 spiro atoms. The Kier molecular flexibility index (Phi) is 2.75. The topological polar surface area (TPSA) is 0 Å². The highest BCUT2D eigenvalue weighted by Gasteiger charge is 1.79. The lowest BCUT2D eigenvalue weighted by molar-refractivity contribution is 1.23. The maximum absolute atomic E-state index is 2.98. The molecule has 0 atom stereocenters. The van der Waals surface area contributed by atoms with E-state index >= 15 is 0 Å². The predicted molar refractivity (Wildman–Crippen MR) is 44.6 cm³/mol. The fraction of sp³-hybridized carbons (Fsp3) is 0.200. The molecule has 0 fully saturated rings. The van der Waals surface area contributed by atoms with Crippen LogP contribution in [0.4, 0.5) is 0 Å². The maximum atomic E-state index is 2.98. The second-order valence-corrected chi connectivity index (χ2v) is 2.14. The van der Waals surface area contributed by atoms with Crippen molar-refractivity contribution in [1.82, 2.24) is 0 Å². The average Bonchev–Trinajstić information content (AvgIpc) is 2.03. The molecule has 0 bridgehead atoms. The Morgan fingerprint density at radius 1 is 1.40 bits per heavy atom. The second kappa shape index (κ2) is 3.89. The Bertz CT molecular complexity index is 197. The Labute approximate surface area is 62.2 Å². The van der Waals surface area contributed by atoms with Crippen molar-refractivity contribution in [3.8, 4) is 0 Å². The predicted octanol–water partition coefficient (Wildman–Crippen LogP) is 2.91. The van der Waals surface area contributed by atoms with Crippen molar-refractivity contribution >= 4 is 6.08 Å². The molecule has 0 unspecified atom stereocenters. The minimum absolute atomic E-state index is 1.10. The van der Waals surface area contributed by atoms with Gasteiger partial charge >= 0.3 is 0 Å². The summed E-state index contributed by atoms with van der Waals surface area (Å²) in [5.41, 5.74) is 1.25. The molecule has 0 nitrogen and oxygen atoms in total. The van der Waals surface area contributed by atoms with Gasteiger partial charge in [-0.15, -0.1) is 0 Å². The highest BCUT2D eigenvalue weighted by Crippen LogP contribution is 2.00. The molecular weight excluding hydrogens is 120 g/mol. The van der Waals surface area contributed by atoms with Crippen molar-refractivity contribution < 1.29 is 0 Å². The summed E-state index contributed by atoms with van der Waals surface area (Å²) in [5.74, 6) is 0. The van der Waals surface area contributed by atoms with Crippen LogP contribution in [-0.2, 0) is 0 Å². The van der Waals surface area contributed by atoms with Gasteiger partial charge in [-0.2, -0.15) is 0 Å². The van der Waals surface area contributed by atoms with Crippen molar-refractivity contribution in [3.63, 3.8) is 0 Å². The molecule has 0 heterocycles. The molecule has 0 N–H and O–H groups in total. The van der Waals surface area contributed by atoms with Gasteiger partial charge in [-0.1, -0.05) is 43.3 Å². The molecule has 0 aliphatic heterocycles. The summed E-state index contributed by atoms with van der Waals surface area (Å²) in [7, 11) is 0. The molecule has 1 radical (unpaired) electrons. The second-order valence-electron chi connectivity index (χ2n) is 2.14. The lowest BCUT2D eigenvalue weighted by atomic mass is 10.2. The highest BCUT2D eigenvalue weighted by atomic mass is 13.8. The molecule has 0 aliphatic carbocycles. The van der Waals surface area contributed by atoms with Gasteiger partial charge in [-0.25, -0.2) is 0 Å². The highest BCUT2D eigenvalue weighted by molar-refractivity contribution is 5.48. The third kappa shape index (κ3) is 2.06. The monoisotopic (exact) mass is 131 g/mol. The minimum Gasteiger partial charge on any atom is -0.0842 e. The molecule has 0 heteroatoms. The summed E-state index contributed by atoms with van der Waals surface area (Å²) in [6.07, 6.45) is 5.36. The number of allylic oxidation sites excluding steroid dienone is 1. The quantitative estimate of drug-likeness (QED) is 0.579. The van der Waals surface area contributed by atoms with E-state index in [1.807, 2.05) is 24.3 Å². The van der Waals surface area contributed by atoms with Crippen LogP contribution in [0.15, 0.2) is 30.3 Å². The first kappa shape index (κ1) is 7.07. The number of benzene rings is 1. The van der Waals surface area contributed by atoms with Gasteiger partial charge in [0.05, 0.1) is 0 Å². The lowest BCUT2D eigenvalue weighted by Crippen LogP contribution is -1.67.